The van der Waals surface area contributed by atoms with E-state index < -0.39 is 0 Å². The van der Waals surface area contributed by atoms with E-state index in [1.807, 2.05) is 26.1 Å². The molecule has 11 heteroatoms. The van der Waals surface area contributed by atoms with Crippen LogP contribution >= 0.6 is 11.6 Å². The first-order chi connectivity index (χ1) is 19.4. The number of hydrogen-bond acceptors (Lipinski definition) is 7. The van der Waals surface area contributed by atoms with Crippen LogP contribution < -0.4 is 10.9 Å². The van der Waals surface area contributed by atoms with E-state index in [0.29, 0.717) is 52.7 Å². The third kappa shape index (κ3) is 4.82. The summed E-state index contributed by atoms with van der Waals surface area (Å²) in [6.07, 6.45) is 9.93. The number of nitrogens with zero attached hydrogens (tertiary/aromatic N) is 6. The van der Waals surface area contributed by atoms with Crippen molar-refractivity contribution in [2.24, 2.45) is 13.0 Å². The topological polar surface area (TPSA) is 121 Å². The Hall–Kier alpha value is -4.57. The van der Waals surface area contributed by atoms with E-state index in [4.69, 9.17) is 16.0 Å². The van der Waals surface area contributed by atoms with Crippen LogP contribution in [0.4, 0.5) is 5.69 Å². The first-order valence-corrected chi connectivity index (χ1v) is 13.3. The Morgan fingerprint density at radius 2 is 1.90 bits per heavy atom. The average molecular weight is 556 g/mol. The third-order valence-electron chi connectivity index (χ3n) is 7.25. The van der Waals surface area contributed by atoms with Crippen molar-refractivity contribution in [1.29, 1.82) is 0 Å². The molecule has 1 aliphatic rings. The molecular weight excluding hydrogens is 530 g/mol. The van der Waals surface area contributed by atoms with Crippen LogP contribution in [-0.4, -0.2) is 35.2 Å². The summed E-state index contributed by atoms with van der Waals surface area (Å²) in [5, 5.41) is 7.89. The number of anilines is 1. The summed E-state index contributed by atoms with van der Waals surface area (Å²) in [6, 6.07) is 10.2. The molecule has 202 valence electrons. The zero-order chi connectivity index (χ0) is 27.8. The van der Waals surface area contributed by atoms with Crippen molar-refractivity contribution in [1.82, 2.24) is 29.3 Å². The highest BCUT2D eigenvalue weighted by Crippen LogP contribution is 2.34. The van der Waals surface area contributed by atoms with Crippen LogP contribution in [0.3, 0.4) is 0 Å². The molecule has 1 aliphatic heterocycles. The quantitative estimate of drug-likeness (QED) is 0.318. The average Bonchev–Trinajstić information content (AvgIpc) is 3.61. The van der Waals surface area contributed by atoms with Crippen LogP contribution in [0, 0.1) is 5.92 Å². The molecule has 2 bridgehead atoms. The molecule has 10 nitrogen and oxygen atoms in total. The molecule has 5 heterocycles. The van der Waals surface area contributed by atoms with Gasteiger partial charge in [0.25, 0.3) is 5.56 Å². The molecule has 40 heavy (non-hydrogen) atoms. The van der Waals surface area contributed by atoms with Crippen LogP contribution in [0.2, 0.25) is 5.02 Å². The van der Waals surface area contributed by atoms with Crippen LogP contribution in [-0.2, 0) is 11.8 Å². The molecule has 0 unspecified atom stereocenters. The lowest BCUT2D eigenvalue weighted by Gasteiger charge is -2.22. The highest BCUT2D eigenvalue weighted by Gasteiger charge is 2.24. The van der Waals surface area contributed by atoms with Gasteiger partial charge in [-0.2, -0.15) is 5.10 Å². The highest BCUT2D eigenvalue weighted by atomic mass is 35.5. The number of rotatable bonds is 3. The molecule has 1 N–H and O–H groups in total. The predicted molar refractivity (Wildman–Crippen MR) is 151 cm³/mol. The number of pyridine rings is 1. The fraction of sp³-hybridized carbons (Fsp3) is 0.241. The largest absolute Gasteiger partial charge is 0.445 e. The summed E-state index contributed by atoms with van der Waals surface area (Å²) in [5.74, 6) is 0.131. The summed E-state index contributed by atoms with van der Waals surface area (Å²) >= 11 is 6.30. The minimum Gasteiger partial charge on any atom is -0.445 e. The minimum atomic E-state index is -0.383. The number of benzene rings is 1. The molecule has 2 atom stereocenters. The maximum Gasteiger partial charge on any atom is 0.254 e. The Morgan fingerprint density at radius 3 is 2.70 bits per heavy atom. The number of carbonyl (C=O) groups excluding carboxylic acids is 1. The number of carbonyl (C=O) groups is 1. The number of aromatic nitrogens is 6. The number of nitrogens with one attached hydrogen (secondary N) is 1. The molecule has 0 spiro atoms. The fourth-order valence-electron chi connectivity index (χ4n) is 5.15. The van der Waals surface area contributed by atoms with Crippen LogP contribution in [0.25, 0.3) is 34.0 Å². The maximum atomic E-state index is 13.6. The molecule has 5 aromatic rings. The normalized spacial score (nSPS) is 17.4. The SMILES string of the molecule is C[C@@H]1CCC[C@H](n2cnc(-c3cc(Cl)ccc3-c3ncco3)cc2=O)c2cc(ccn2)-c2c(cnn2C)NC1=O. The zero-order valence-electron chi connectivity index (χ0n) is 21.9. The van der Waals surface area contributed by atoms with E-state index in [0.717, 1.165) is 17.0 Å². The van der Waals surface area contributed by atoms with Crippen molar-refractivity contribution in [3.8, 4) is 34.0 Å². The lowest BCUT2D eigenvalue weighted by Crippen LogP contribution is -2.27. The van der Waals surface area contributed by atoms with Gasteiger partial charge in [0.1, 0.15) is 6.26 Å². The number of fused-ring (bicyclic) bond motifs is 4. The van der Waals surface area contributed by atoms with E-state index in [1.165, 1.54) is 12.3 Å². The molecule has 0 fully saturated rings. The molecule has 1 aromatic carbocycles. The first-order valence-electron chi connectivity index (χ1n) is 13.0. The molecule has 0 aliphatic carbocycles. The molecule has 1 amide bonds. The fourth-order valence-corrected chi connectivity index (χ4v) is 5.32. The van der Waals surface area contributed by atoms with Gasteiger partial charge in [0, 0.05) is 46.9 Å². The molecule has 0 saturated carbocycles. The smallest absolute Gasteiger partial charge is 0.254 e. The van der Waals surface area contributed by atoms with Crippen molar-refractivity contribution >= 4 is 23.2 Å². The minimum absolute atomic E-state index is 0.0628. The Bertz CT molecular complexity index is 1760. The zero-order valence-corrected chi connectivity index (χ0v) is 22.7. The Kier molecular flexibility index (Phi) is 6.77. The van der Waals surface area contributed by atoms with Gasteiger partial charge in [-0.05, 0) is 43.2 Å². The monoisotopic (exact) mass is 555 g/mol. The Morgan fingerprint density at radius 1 is 1.02 bits per heavy atom. The summed E-state index contributed by atoms with van der Waals surface area (Å²) in [7, 11) is 1.83. The van der Waals surface area contributed by atoms with Crippen molar-refractivity contribution < 1.29 is 9.21 Å². The molecule has 4 aromatic heterocycles. The van der Waals surface area contributed by atoms with Gasteiger partial charge >= 0.3 is 0 Å². The van der Waals surface area contributed by atoms with Crippen LogP contribution in [0.5, 0.6) is 0 Å². The van der Waals surface area contributed by atoms with Gasteiger partial charge in [-0.25, -0.2) is 9.97 Å². The van der Waals surface area contributed by atoms with E-state index in [2.05, 4.69) is 25.4 Å². The van der Waals surface area contributed by atoms with Gasteiger partial charge in [-0.1, -0.05) is 24.9 Å². The van der Waals surface area contributed by atoms with Gasteiger partial charge in [-0.3, -0.25) is 23.8 Å². The second-order valence-corrected chi connectivity index (χ2v) is 10.3. The van der Waals surface area contributed by atoms with Gasteiger partial charge < -0.3 is 9.73 Å². The highest BCUT2D eigenvalue weighted by molar-refractivity contribution is 6.31. The predicted octanol–water partition coefficient (Wildman–Crippen LogP) is 5.36. The molecular formula is C29H26ClN7O3. The van der Waals surface area contributed by atoms with E-state index in [9.17, 15) is 9.59 Å². The standard InChI is InChI=1S/C29H26ClN7O3/c1-17-4-3-5-25(23-12-18(8-9-31-23)27-24(35-28(17)39)15-34-36(27)2)37-16-33-22(14-26(37)38)21-13-19(30)6-7-20(21)29-32-10-11-40-29/h6-17,25H,3-5H2,1-2H3,(H,35,39)/t17-,25+/m1/s1. The number of amides is 1. The second kappa shape index (κ2) is 10.5. The number of hydrogen-bond donors (Lipinski definition) is 1. The summed E-state index contributed by atoms with van der Waals surface area (Å²) in [6.45, 7) is 1.91. The maximum absolute atomic E-state index is 13.6. The van der Waals surface area contributed by atoms with Gasteiger partial charge in [0.05, 0.1) is 47.5 Å². The number of aryl methyl sites for hydroxylation is 1. The molecule has 6 rings (SSSR count). The van der Waals surface area contributed by atoms with Crippen molar-refractivity contribution in [3.05, 3.63) is 88.6 Å². The summed E-state index contributed by atoms with van der Waals surface area (Å²) < 4.78 is 8.82. The third-order valence-corrected chi connectivity index (χ3v) is 7.48. The van der Waals surface area contributed by atoms with Gasteiger partial charge in [-0.15, -0.1) is 0 Å². The lowest BCUT2D eigenvalue weighted by molar-refractivity contribution is -0.119. The molecule has 0 radical (unpaired) electrons. The van der Waals surface area contributed by atoms with Crippen molar-refractivity contribution in [2.75, 3.05) is 5.32 Å². The van der Waals surface area contributed by atoms with Crippen LogP contribution in [0.1, 0.15) is 37.9 Å². The lowest BCUT2D eigenvalue weighted by atomic mass is 9.97. The van der Waals surface area contributed by atoms with E-state index >= 15 is 0 Å². The van der Waals surface area contributed by atoms with Gasteiger partial charge in [0.2, 0.25) is 11.8 Å². The van der Waals surface area contributed by atoms with Crippen molar-refractivity contribution in [2.45, 2.75) is 32.2 Å². The van der Waals surface area contributed by atoms with Crippen LogP contribution in [0.15, 0.2) is 76.8 Å². The number of halogens is 1. The molecule has 0 saturated heterocycles. The van der Waals surface area contributed by atoms with Crippen molar-refractivity contribution in [3.63, 3.8) is 0 Å². The Labute approximate surface area is 234 Å². The Balaban J connectivity index is 1.44. The second-order valence-electron chi connectivity index (χ2n) is 9.88. The number of oxazole rings is 1. The summed E-state index contributed by atoms with van der Waals surface area (Å²) in [5.41, 5.74) is 4.51. The van der Waals surface area contributed by atoms with E-state index in [-0.39, 0.29) is 23.4 Å². The first kappa shape index (κ1) is 25.7. The summed E-state index contributed by atoms with van der Waals surface area (Å²) in [4.78, 5) is 40.1. The van der Waals surface area contributed by atoms with Gasteiger partial charge in [0.15, 0.2) is 0 Å². The van der Waals surface area contributed by atoms with E-state index in [1.54, 1.807) is 52.4 Å².